The van der Waals surface area contributed by atoms with E-state index < -0.39 is 9.84 Å². The Morgan fingerprint density at radius 1 is 1.13 bits per heavy atom. The second-order valence-electron chi connectivity index (χ2n) is 8.34. The van der Waals surface area contributed by atoms with Crippen LogP contribution in [-0.2, 0) is 16.4 Å². The third-order valence-electron chi connectivity index (χ3n) is 6.08. The molecule has 1 heterocycles. The SMILES string of the molecule is CCNC(=NCc1ccc(S(C)(=O)=O)c(C)c1)NCC(C(CC)CC)N1CCCC1.I. The Morgan fingerprint density at radius 2 is 1.77 bits per heavy atom. The molecule has 2 N–H and O–H groups in total. The number of nitrogens with zero attached hydrogens (tertiary/aromatic N) is 2. The molecule has 8 heteroatoms. The highest BCUT2D eigenvalue weighted by Gasteiger charge is 2.27. The fourth-order valence-corrected chi connectivity index (χ4v) is 5.40. The van der Waals surface area contributed by atoms with E-state index in [0.717, 1.165) is 30.2 Å². The van der Waals surface area contributed by atoms with Gasteiger partial charge in [-0.05, 0) is 62.9 Å². The van der Waals surface area contributed by atoms with Crippen LogP contribution >= 0.6 is 24.0 Å². The van der Waals surface area contributed by atoms with Crippen LogP contribution < -0.4 is 10.6 Å². The van der Waals surface area contributed by atoms with Crippen molar-refractivity contribution in [3.8, 4) is 0 Å². The monoisotopic (exact) mass is 564 g/mol. The van der Waals surface area contributed by atoms with E-state index in [9.17, 15) is 8.42 Å². The van der Waals surface area contributed by atoms with Crippen molar-refractivity contribution in [1.29, 1.82) is 0 Å². The Morgan fingerprint density at radius 3 is 2.29 bits per heavy atom. The highest BCUT2D eigenvalue weighted by molar-refractivity contribution is 14.0. The Hall–Kier alpha value is -0.870. The zero-order valence-corrected chi connectivity index (χ0v) is 22.9. The predicted octanol–water partition coefficient (Wildman–Crippen LogP) is 3.97. The Bertz CT molecular complexity index is 802. The van der Waals surface area contributed by atoms with Gasteiger partial charge in [0.2, 0.25) is 0 Å². The first kappa shape index (κ1) is 28.2. The number of halogens is 1. The van der Waals surface area contributed by atoms with Crippen LogP contribution in [0, 0.1) is 12.8 Å². The van der Waals surface area contributed by atoms with Gasteiger partial charge in [-0.25, -0.2) is 13.4 Å². The van der Waals surface area contributed by atoms with E-state index in [1.807, 2.05) is 19.1 Å². The zero-order valence-electron chi connectivity index (χ0n) is 19.8. The van der Waals surface area contributed by atoms with Gasteiger partial charge >= 0.3 is 0 Å². The minimum absolute atomic E-state index is 0. The quantitative estimate of drug-likeness (QED) is 0.256. The average molecular weight is 565 g/mol. The Balaban J connectivity index is 0.00000480. The van der Waals surface area contributed by atoms with E-state index in [2.05, 4.69) is 36.3 Å². The Labute approximate surface area is 206 Å². The van der Waals surface area contributed by atoms with Crippen molar-refractivity contribution in [3.63, 3.8) is 0 Å². The fourth-order valence-electron chi connectivity index (χ4n) is 4.44. The summed E-state index contributed by atoms with van der Waals surface area (Å²) in [6.45, 7) is 13.1. The number of hydrogen-bond donors (Lipinski definition) is 2. The molecule has 1 fully saturated rings. The van der Waals surface area contributed by atoms with Gasteiger partial charge < -0.3 is 10.6 Å². The number of guanidine groups is 1. The van der Waals surface area contributed by atoms with Gasteiger partial charge in [0.05, 0.1) is 11.4 Å². The third-order valence-corrected chi connectivity index (χ3v) is 7.34. The van der Waals surface area contributed by atoms with Crippen molar-refractivity contribution in [2.75, 3.05) is 32.4 Å². The molecule has 0 saturated carbocycles. The summed E-state index contributed by atoms with van der Waals surface area (Å²) in [5, 5.41) is 6.92. The normalized spacial score (nSPS) is 16.3. The number of likely N-dealkylation sites (tertiary alicyclic amines) is 1. The van der Waals surface area contributed by atoms with Crippen LogP contribution in [0.5, 0.6) is 0 Å². The van der Waals surface area contributed by atoms with Crippen LogP contribution in [0.4, 0.5) is 0 Å². The van der Waals surface area contributed by atoms with Crippen molar-refractivity contribution in [2.24, 2.45) is 10.9 Å². The maximum absolute atomic E-state index is 11.8. The lowest BCUT2D eigenvalue weighted by molar-refractivity contribution is 0.166. The molecule has 0 aromatic heterocycles. The molecule has 0 aliphatic carbocycles. The van der Waals surface area contributed by atoms with E-state index in [1.54, 1.807) is 6.07 Å². The first-order chi connectivity index (χ1) is 14.3. The summed E-state index contributed by atoms with van der Waals surface area (Å²) in [6, 6.07) is 5.99. The summed E-state index contributed by atoms with van der Waals surface area (Å²) in [7, 11) is -3.19. The summed E-state index contributed by atoms with van der Waals surface area (Å²) < 4.78 is 23.7. The summed E-state index contributed by atoms with van der Waals surface area (Å²) >= 11 is 0. The number of nitrogens with one attached hydrogen (secondary N) is 2. The van der Waals surface area contributed by atoms with E-state index in [-0.39, 0.29) is 24.0 Å². The average Bonchev–Trinajstić information content (AvgIpc) is 3.22. The number of sulfone groups is 1. The van der Waals surface area contributed by atoms with Crippen molar-refractivity contribution >= 4 is 39.8 Å². The molecular formula is C23H41IN4O2S. The zero-order chi connectivity index (χ0) is 22.1. The smallest absolute Gasteiger partial charge is 0.191 e. The van der Waals surface area contributed by atoms with Crippen molar-refractivity contribution in [3.05, 3.63) is 29.3 Å². The second-order valence-corrected chi connectivity index (χ2v) is 10.3. The molecule has 0 radical (unpaired) electrons. The molecule has 0 amide bonds. The molecule has 178 valence electrons. The highest BCUT2D eigenvalue weighted by atomic mass is 127. The van der Waals surface area contributed by atoms with Gasteiger partial charge in [-0.2, -0.15) is 0 Å². The van der Waals surface area contributed by atoms with Gasteiger partial charge in [-0.1, -0.05) is 38.8 Å². The summed E-state index contributed by atoms with van der Waals surface area (Å²) in [4.78, 5) is 7.78. The largest absolute Gasteiger partial charge is 0.357 e. The molecule has 1 aromatic rings. The maximum atomic E-state index is 11.8. The highest BCUT2D eigenvalue weighted by Crippen LogP contribution is 2.22. The van der Waals surface area contributed by atoms with Gasteiger partial charge in [0.15, 0.2) is 15.8 Å². The summed E-state index contributed by atoms with van der Waals surface area (Å²) in [5.74, 6) is 1.50. The van der Waals surface area contributed by atoms with Crippen LogP contribution in [0.25, 0.3) is 0 Å². The number of aliphatic imine (C=N–C) groups is 1. The van der Waals surface area contributed by atoms with Crippen LogP contribution in [0.2, 0.25) is 0 Å². The first-order valence-electron chi connectivity index (χ1n) is 11.4. The van der Waals surface area contributed by atoms with Gasteiger partial charge in [-0.15, -0.1) is 24.0 Å². The van der Waals surface area contributed by atoms with Crippen LogP contribution in [0.15, 0.2) is 28.1 Å². The van der Waals surface area contributed by atoms with Crippen LogP contribution in [0.1, 0.15) is 57.6 Å². The van der Waals surface area contributed by atoms with Crippen molar-refractivity contribution in [2.45, 2.75) is 70.9 Å². The van der Waals surface area contributed by atoms with Crippen LogP contribution in [0.3, 0.4) is 0 Å². The number of rotatable bonds is 10. The first-order valence-corrected chi connectivity index (χ1v) is 13.2. The maximum Gasteiger partial charge on any atom is 0.191 e. The second kappa shape index (κ2) is 13.6. The molecular weight excluding hydrogens is 523 g/mol. The lowest BCUT2D eigenvalue weighted by Gasteiger charge is -2.34. The van der Waals surface area contributed by atoms with Crippen LogP contribution in [-0.4, -0.2) is 57.8 Å². The molecule has 0 bridgehead atoms. The number of benzene rings is 1. The van der Waals surface area contributed by atoms with Gasteiger partial charge in [0, 0.05) is 25.4 Å². The van der Waals surface area contributed by atoms with E-state index in [4.69, 9.17) is 4.99 Å². The fraction of sp³-hybridized carbons (Fsp3) is 0.696. The summed E-state index contributed by atoms with van der Waals surface area (Å²) in [6.07, 6.45) is 6.23. The standard InChI is InChI=1S/C23H40N4O2S.HI/c1-6-20(7-2)21(27-13-9-10-14-27)17-26-23(24-8-3)25-16-19-11-12-22(18(4)15-19)30(5,28)29;/h11-12,15,20-21H,6-10,13-14,16-17H2,1-5H3,(H2,24,25,26);1H. The van der Waals surface area contributed by atoms with E-state index in [0.29, 0.717) is 23.4 Å². The van der Waals surface area contributed by atoms with Gasteiger partial charge in [-0.3, -0.25) is 4.90 Å². The molecule has 2 rings (SSSR count). The predicted molar refractivity (Wildman–Crippen MR) is 141 cm³/mol. The molecule has 1 unspecified atom stereocenters. The number of hydrogen-bond acceptors (Lipinski definition) is 4. The number of aryl methyl sites for hydroxylation is 1. The minimum Gasteiger partial charge on any atom is -0.357 e. The molecule has 1 atom stereocenters. The molecule has 1 aromatic carbocycles. The molecule has 0 spiro atoms. The van der Waals surface area contributed by atoms with E-state index >= 15 is 0 Å². The van der Waals surface area contributed by atoms with E-state index in [1.165, 1.54) is 45.0 Å². The van der Waals surface area contributed by atoms with Crippen molar-refractivity contribution in [1.82, 2.24) is 15.5 Å². The molecule has 6 nitrogen and oxygen atoms in total. The van der Waals surface area contributed by atoms with Gasteiger partial charge in [0.1, 0.15) is 0 Å². The summed E-state index contributed by atoms with van der Waals surface area (Å²) in [5.41, 5.74) is 1.78. The minimum atomic E-state index is -3.19. The lowest BCUT2D eigenvalue weighted by atomic mass is 9.93. The molecule has 31 heavy (non-hydrogen) atoms. The Kier molecular flexibility index (Phi) is 12.4. The lowest BCUT2D eigenvalue weighted by Crippen LogP contribution is -2.49. The van der Waals surface area contributed by atoms with Crippen molar-refractivity contribution < 1.29 is 8.42 Å². The molecule has 1 saturated heterocycles. The molecule has 1 aliphatic heterocycles. The third kappa shape index (κ3) is 8.53. The molecule has 1 aliphatic rings. The van der Waals surface area contributed by atoms with Gasteiger partial charge in [0.25, 0.3) is 0 Å². The topological polar surface area (TPSA) is 73.8 Å².